The fourth-order valence-corrected chi connectivity index (χ4v) is 2.08. The van der Waals surface area contributed by atoms with Crippen molar-refractivity contribution in [3.05, 3.63) is 35.9 Å². The molecule has 0 aliphatic carbocycles. The summed E-state index contributed by atoms with van der Waals surface area (Å²) in [7, 11) is 0. The number of hydrogen-bond acceptors (Lipinski definition) is 2. The van der Waals surface area contributed by atoms with E-state index >= 15 is 0 Å². The van der Waals surface area contributed by atoms with E-state index in [2.05, 4.69) is 13.8 Å². The van der Waals surface area contributed by atoms with E-state index in [1.807, 2.05) is 37.3 Å². The zero-order chi connectivity index (χ0) is 12.7. The first-order valence-corrected chi connectivity index (χ1v) is 6.46. The summed E-state index contributed by atoms with van der Waals surface area (Å²) in [6, 6.07) is 10.0. The minimum atomic E-state index is -0.451. The predicted molar refractivity (Wildman–Crippen MR) is 69.7 cm³/mol. The zero-order valence-electron chi connectivity index (χ0n) is 11.0. The van der Waals surface area contributed by atoms with Crippen LogP contribution in [0.5, 0.6) is 0 Å². The Hall–Kier alpha value is -1.31. The molecule has 1 aromatic carbocycles. The summed E-state index contributed by atoms with van der Waals surface area (Å²) in [5, 5.41) is 0. The van der Waals surface area contributed by atoms with Crippen molar-refractivity contribution in [2.24, 2.45) is 0 Å². The quantitative estimate of drug-likeness (QED) is 0.694. The average molecular weight is 234 g/mol. The van der Waals surface area contributed by atoms with Gasteiger partial charge in [0.2, 0.25) is 0 Å². The smallest absolute Gasteiger partial charge is 0.306 e. The summed E-state index contributed by atoms with van der Waals surface area (Å²) < 4.78 is 5.72. The van der Waals surface area contributed by atoms with E-state index in [0.717, 1.165) is 24.8 Å². The highest BCUT2D eigenvalue weighted by molar-refractivity contribution is 5.70. The maximum absolute atomic E-state index is 11.7. The average Bonchev–Trinajstić information content (AvgIpc) is 2.37. The van der Waals surface area contributed by atoms with Crippen molar-refractivity contribution in [2.75, 3.05) is 0 Å². The van der Waals surface area contributed by atoms with Crippen LogP contribution in [-0.2, 0) is 15.1 Å². The van der Waals surface area contributed by atoms with Crippen LogP contribution in [0.1, 0.15) is 52.0 Å². The molecule has 0 bridgehead atoms. The van der Waals surface area contributed by atoms with E-state index in [9.17, 15) is 4.79 Å². The van der Waals surface area contributed by atoms with Crippen LogP contribution >= 0.6 is 0 Å². The van der Waals surface area contributed by atoms with Crippen LogP contribution in [-0.4, -0.2) is 5.97 Å². The highest BCUT2D eigenvalue weighted by atomic mass is 16.6. The third kappa shape index (κ3) is 3.32. The Morgan fingerprint density at radius 3 is 2.18 bits per heavy atom. The second-order valence-electron chi connectivity index (χ2n) is 4.29. The van der Waals surface area contributed by atoms with Crippen LogP contribution in [0.4, 0.5) is 0 Å². The van der Waals surface area contributed by atoms with Crippen molar-refractivity contribution >= 4 is 5.97 Å². The third-order valence-electron chi connectivity index (χ3n) is 3.21. The molecule has 0 saturated carbocycles. The molecule has 0 spiro atoms. The van der Waals surface area contributed by atoms with Gasteiger partial charge >= 0.3 is 5.97 Å². The van der Waals surface area contributed by atoms with Gasteiger partial charge in [0.15, 0.2) is 0 Å². The van der Waals surface area contributed by atoms with Gasteiger partial charge in [-0.05, 0) is 24.8 Å². The molecule has 0 aliphatic heterocycles. The Morgan fingerprint density at radius 1 is 1.12 bits per heavy atom. The Bertz CT molecular complexity index is 339. The number of rotatable bonds is 6. The van der Waals surface area contributed by atoms with Crippen LogP contribution in [0, 0.1) is 0 Å². The number of hydrogen-bond donors (Lipinski definition) is 0. The Kier molecular flexibility index (Phi) is 5.20. The standard InChI is InChI=1S/C15H22O2/c1-4-10-14(16)17-15(5-2,6-3)13-11-8-7-9-12-13/h7-9,11-12H,4-6,10H2,1-3H3. The molecule has 0 aliphatic rings. The number of esters is 1. The van der Waals surface area contributed by atoms with Gasteiger partial charge in [-0.3, -0.25) is 4.79 Å². The Labute approximate surface area is 104 Å². The molecule has 1 aromatic rings. The lowest BCUT2D eigenvalue weighted by atomic mass is 9.88. The number of ether oxygens (including phenoxy) is 1. The molecule has 0 heterocycles. The maximum atomic E-state index is 11.7. The van der Waals surface area contributed by atoms with Crippen molar-refractivity contribution in [1.82, 2.24) is 0 Å². The molecule has 0 N–H and O–H groups in total. The van der Waals surface area contributed by atoms with Gasteiger partial charge in [0.05, 0.1) is 0 Å². The molecule has 0 amide bonds. The molecule has 94 valence electrons. The van der Waals surface area contributed by atoms with Crippen LogP contribution in [0.15, 0.2) is 30.3 Å². The third-order valence-corrected chi connectivity index (χ3v) is 3.21. The normalized spacial score (nSPS) is 11.2. The van der Waals surface area contributed by atoms with Gasteiger partial charge in [0.25, 0.3) is 0 Å². The number of carbonyl (C=O) groups is 1. The largest absolute Gasteiger partial charge is 0.454 e. The summed E-state index contributed by atoms with van der Waals surface area (Å²) in [6.07, 6.45) is 2.94. The summed E-state index contributed by atoms with van der Waals surface area (Å²) in [4.78, 5) is 11.7. The highest BCUT2D eigenvalue weighted by Crippen LogP contribution is 2.33. The lowest BCUT2D eigenvalue weighted by molar-refractivity contribution is -0.162. The zero-order valence-corrected chi connectivity index (χ0v) is 11.0. The van der Waals surface area contributed by atoms with Crippen LogP contribution in [0.25, 0.3) is 0 Å². The van der Waals surface area contributed by atoms with Gasteiger partial charge in [0, 0.05) is 6.42 Å². The van der Waals surface area contributed by atoms with Gasteiger partial charge in [-0.2, -0.15) is 0 Å². The fourth-order valence-electron chi connectivity index (χ4n) is 2.08. The molecule has 17 heavy (non-hydrogen) atoms. The van der Waals surface area contributed by atoms with Gasteiger partial charge in [-0.15, -0.1) is 0 Å². The summed E-state index contributed by atoms with van der Waals surface area (Å²) in [5.41, 5.74) is 0.641. The monoisotopic (exact) mass is 234 g/mol. The molecule has 2 nitrogen and oxygen atoms in total. The van der Waals surface area contributed by atoms with Crippen molar-refractivity contribution in [3.63, 3.8) is 0 Å². The van der Waals surface area contributed by atoms with Gasteiger partial charge < -0.3 is 4.74 Å². The maximum Gasteiger partial charge on any atom is 0.306 e. The van der Waals surface area contributed by atoms with Crippen molar-refractivity contribution in [1.29, 1.82) is 0 Å². The lowest BCUT2D eigenvalue weighted by Crippen LogP contribution is -2.31. The Morgan fingerprint density at radius 2 is 1.71 bits per heavy atom. The minimum Gasteiger partial charge on any atom is -0.454 e. The first-order chi connectivity index (χ1) is 8.18. The molecule has 1 rings (SSSR count). The molecular weight excluding hydrogens is 212 g/mol. The van der Waals surface area contributed by atoms with Gasteiger partial charge in [-0.25, -0.2) is 0 Å². The minimum absolute atomic E-state index is 0.0972. The fraction of sp³-hybridized carbons (Fsp3) is 0.533. The lowest BCUT2D eigenvalue weighted by Gasteiger charge is -2.32. The predicted octanol–water partition coefficient (Wildman–Crippen LogP) is 4.05. The summed E-state index contributed by atoms with van der Waals surface area (Å²) in [5.74, 6) is -0.0972. The molecule has 0 saturated heterocycles. The highest BCUT2D eigenvalue weighted by Gasteiger charge is 2.32. The van der Waals surface area contributed by atoms with Crippen molar-refractivity contribution in [3.8, 4) is 0 Å². The second kappa shape index (κ2) is 6.43. The van der Waals surface area contributed by atoms with E-state index in [-0.39, 0.29) is 5.97 Å². The molecule has 0 radical (unpaired) electrons. The molecule has 0 atom stereocenters. The first-order valence-electron chi connectivity index (χ1n) is 6.46. The topological polar surface area (TPSA) is 26.3 Å². The molecule has 0 aromatic heterocycles. The summed E-state index contributed by atoms with van der Waals surface area (Å²) >= 11 is 0. The van der Waals surface area contributed by atoms with E-state index in [4.69, 9.17) is 4.74 Å². The van der Waals surface area contributed by atoms with E-state index in [0.29, 0.717) is 6.42 Å². The van der Waals surface area contributed by atoms with Gasteiger partial charge in [0.1, 0.15) is 5.60 Å². The molecule has 0 unspecified atom stereocenters. The number of carbonyl (C=O) groups excluding carboxylic acids is 1. The second-order valence-corrected chi connectivity index (χ2v) is 4.29. The van der Waals surface area contributed by atoms with Gasteiger partial charge in [-0.1, -0.05) is 51.1 Å². The summed E-state index contributed by atoms with van der Waals surface area (Å²) in [6.45, 7) is 6.12. The van der Waals surface area contributed by atoms with Crippen LogP contribution < -0.4 is 0 Å². The van der Waals surface area contributed by atoms with Crippen molar-refractivity contribution in [2.45, 2.75) is 52.1 Å². The van der Waals surface area contributed by atoms with Crippen LogP contribution in [0.3, 0.4) is 0 Å². The van der Waals surface area contributed by atoms with E-state index in [1.54, 1.807) is 0 Å². The SMILES string of the molecule is CCCC(=O)OC(CC)(CC)c1ccccc1. The first kappa shape index (κ1) is 13.8. The van der Waals surface area contributed by atoms with E-state index in [1.165, 1.54) is 0 Å². The Balaban J connectivity index is 2.93. The molecule has 0 fully saturated rings. The molecular formula is C15H22O2. The van der Waals surface area contributed by atoms with Crippen LogP contribution in [0.2, 0.25) is 0 Å². The molecule has 2 heteroatoms. The van der Waals surface area contributed by atoms with E-state index < -0.39 is 5.60 Å². The van der Waals surface area contributed by atoms with Crippen molar-refractivity contribution < 1.29 is 9.53 Å². The number of benzene rings is 1.